The summed E-state index contributed by atoms with van der Waals surface area (Å²) in [6.45, 7) is 7.89. The van der Waals surface area contributed by atoms with Crippen LogP contribution >= 0.6 is 27.5 Å². The largest absolute Gasteiger partial charge is 0.495 e. The predicted molar refractivity (Wildman–Crippen MR) is 100 cm³/mol. The molecule has 0 amide bonds. The van der Waals surface area contributed by atoms with Crippen molar-refractivity contribution < 1.29 is 14.3 Å². The van der Waals surface area contributed by atoms with Gasteiger partial charge in [0.15, 0.2) is 0 Å². The zero-order chi connectivity index (χ0) is 17.2. The highest BCUT2D eigenvalue weighted by atomic mass is 79.9. The lowest BCUT2D eigenvalue weighted by Gasteiger charge is -2.16. The van der Waals surface area contributed by atoms with Crippen LogP contribution in [0.2, 0.25) is 25.7 Å². The summed E-state index contributed by atoms with van der Waals surface area (Å²) in [6, 6.07) is 6.64. The van der Waals surface area contributed by atoms with Crippen LogP contribution in [0.4, 0.5) is 0 Å². The van der Waals surface area contributed by atoms with Crippen molar-refractivity contribution in [1.82, 2.24) is 4.57 Å². The maximum Gasteiger partial charge on any atom is 0.268 e. The van der Waals surface area contributed by atoms with Crippen molar-refractivity contribution in [2.45, 2.75) is 32.4 Å². The Morgan fingerprint density at radius 1 is 1.35 bits per heavy atom. The first-order chi connectivity index (χ1) is 10.7. The Morgan fingerprint density at radius 3 is 2.61 bits per heavy atom. The van der Waals surface area contributed by atoms with E-state index in [1.807, 2.05) is 12.1 Å². The number of carbonyl (C=O) groups excluding carboxylic acids is 1. The third-order valence-corrected chi connectivity index (χ3v) is 6.13. The molecule has 1 heterocycles. The summed E-state index contributed by atoms with van der Waals surface area (Å²) in [5.74, 6) is 0.683. The number of rotatable bonds is 7. The van der Waals surface area contributed by atoms with E-state index in [1.54, 1.807) is 17.7 Å². The standard InChI is InChI=1S/C16H21BrClNO3Si/c1-21-15-11-9-14(16(18)20)19(13(11)6-5-12(15)17)10-22-7-8-23(2,3)4/h5-6,9H,7-8,10H2,1-4H3. The van der Waals surface area contributed by atoms with Crippen molar-refractivity contribution in [2.75, 3.05) is 13.7 Å². The van der Waals surface area contributed by atoms with Gasteiger partial charge >= 0.3 is 0 Å². The molecule has 7 heteroatoms. The molecule has 126 valence electrons. The molecule has 0 aliphatic carbocycles. The predicted octanol–water partition coefficient (Wildman–Crippen LogP) is 5.10. The number of benzene rings is 1. The van der Waals surface area contributed by atoms with Crippen LogP contribution in [0.1, 0.15) is 10.5 Å². The molecule has 0 radical (unpaired) electrons. The second-order valence-corrected chi connectivity index (χ2v) is 13.4. The molecule has 0 saturated heterocycles. The maximum atomic E-state index is 11.8. The molecule has 0 N–H and O–H groups in total. The molecule has 0 bridgehead atoms. The molecule has 0 saturated carbocycles. The van der Waals surface area contributed by atoms with Crippen LogP contribution in [0.3, 0.4) is 0 Å². The topological polar surface area (TPSA) is 40.5 Å². The molecule has 1 aromatic carbocycles. The minimum absolute atomic E-state index is 0.298. The van der Waals surface area contributed by atoms with Gasteiger partial charge in [0.25, 0.3) is 5.24 Å². The molecule has 0 fully saturated rings. The number of aromatic nitrogens is 1. The van der Waals surface area contributed by atoms with Gasteiger partial charge in [0.05, 0.1) is 17.1 Å². The first-order valence-electron chi connectivity index (χ1n) is 7.38. The van der Waals surface area contributed by atoms with Crippen LogP contribution in [0.5, 0.6) is 5.75 Å². The fourth-order valence-electron chi connectivity index (χ4n) is 2.33. The number of ether oxygens (including phenoxy) is 2. The molecule has 2 rings (SSSR count). The van der Waals surface area contributed by atoms with Gasteiger partial charge in [0.2, 0.25) is 0 Å². The Labute approximate surface area is 150 Å². The molecule has 0 spiro atoms. The number of hydrogen-bond donors (Lipinski definition) is 0. The van der Waals surface area contributed by atoms with Crippen molar-refractivity contribution in [3.05, 3.63) is 28.4 Å². The highest BCUT2D eigenvalue weighted by Gasteiger charge is 2.18. The van der Waals surface area contributed by atoms with E-state index in [-0.39, 0.29) is 0 Å². The van der Waals surface area contributed by atoms with E-state index in [1.165, 1.54) is 0 Å². The normalized spacial score (nSPS) is 11.9. The molecule has 2 aromatic rings. The smallest absolute Gasteiger partial charge is 0.268 e. The zero-order valence-electron chi connectivity index (χ0n) is 13.8. The Balaban J connectivity index is 2.33. The first kappa shape index (κ1) is 18.5. The number of hydrogen-bond acceptors (Lipinski definition) is 3. The molecular weight excluding hydrogens is 398 g/mol. The van der Waals surface area contributed by atoms with E-state index in [2.05, 4.69) is 35.6 Å². The fraction of sp³-hybridized carbons (Fsp3) is 0.438. The molecule has 0 aliphatic rings. The molecule has 4 nitrogen and oxygen atoms in total. The lowest BCUT2D eigenvalue weighted by Crippen LogP contribution is -2.22. The van der Waals surface area contributed by atoms with Gasteiger partial charge in [0.1, 0.15) is 18.2 Å². The van der Waals surface area contributed by atoms with E-state index in [0.717, 1.165) is 21.4 Å². The van der Waals surface area contributed by atoms with E-state index in [9.17, 15) is 4.79 Å². The van der Waals surface area contributed by atoms with E-state index >= 15 is 0 Å². The van der Waals surface area contributed by atoms with Crippen molar-refractivity contribution in [2.24, 2.45) is 0 Å². The van der Waals surface area contributed by atoms with E-state index in [4.69, 9.17) is 21.1 Å². The summed E-state index contributed by atoms with van der Waals surface area (Å²) >= 11 is 9.19. The molecule has 1 aromatic heterocycles. The Bertz CT molecular complexity index is 724. The van der Waals surface area contributed by atoms with Gasteiger partial charge in [-0.3, -0.25) is 4.79 Å². The quantitative estimate of drug-likeness (QED) is 0.356. The second-order valence-electron chi connectivity index (χ2n) is 6.59. The number of halogens is 2. The summed E-state index contributed by atoms with van der Waals surface area (Å²) in [6.07, 6.45) is 0. The van der Waals surface area contributed by atoms with Crippen molar-refractivity contribution in [3.8, 4) is 5.75 Å². The average Bonchev–Trinajstić information content (AvgIpc) is 2.81. The zero-order valence-corrected chi connectivity index (χ0v) is 17.1. The highest BCUT2D eigenvalue weighted by Crippen LogP contribution is 2.36. The van der Waals surface area contributed by atoms with Crippen LogP contribution < -0.4 is 4.74 Å². The number of nitrogens with zero attached hydrogens (tertiary/aromatic N) is 1. The van der Waals surface area contributed by atoms with E-state index in [0.29, 0.717) is 24.8 Å². The van der Waals surface area contributed by atoms with Crippen LogP contribution in [0.15, 0.2) is 22.7 Å². The average molecular weight is 419 g/mol. The Morgan fingerprint density at radius 2 is 2.04 bits per heavy atom. The fourth-order valence-corrected chi connectivity index (χ4v) is 3.75. The van der Waals surface area contributed by atoms with Gasteiger partial charge in [-0.1, -0.05) is 19.6 Å². The molecule has 0 atom stereocenters. The van der Waals surface area contributed by atoms with Crippen molar-refractivity contribution >= 4 is 51.8 Å². The van der Waals surface area contributed by atoms with Gasteiger partial charge in [0, 0.05) is 20.1 Å². The summed E-state index contributed by atoms with van der Waals surface area (Å²) in [5, 5.41) is 0.327. The second kappa shape index (κ2) is 7.38. The third kappa shape index (κ3) is 4.38. The lowest BCUT2D eigenvalue weighted by molar-refractivity contribution is 0.0854. The summed E-state index contributed by atoms with van der Waals surface area (Å²) in [7, 11) is 0.457. The SMILES string of the molecule is COc1c(Br)ccc2c1cc(C(=O)Cl)n2COCC[Si](C)(C)C. The van der Waals surface area contributed by atoms with E-state index < -0.39 is 13.3 Å². The van der Waals surface area contributed by atoms with Gasteiger partial charge in [-0.15, -0.1) is 0 Å². The highest BCUT2D eigenvalue weighted by molar-refractivity contribution is 9.10. The Kier molecular flexibility index (Phi) is 5.94. The molecule has 0 aliphatic heterocycles. The number of carbonyl (C=O) groups is 1. The number of methoxy groups -OCH3 is 1. The summed E-state index contributed by atoms with van der Waals surface area (Å²) in [5.41, 5.74) is 1.27. The van der Waals surface area contributed by atoms with Crippen LogP contribution in [-0.4, -0.2) is 31.6 Å². The molecule has 23 heavy (non-hydrogen) atoms. The lowest BCUT2D eigenvalue weighted by atomic mass is 10.2. The van der Waals surface area contributed by atoms with Gasteiger partial charge < -0.3 is 14.0 Å². The third-order valence-electron chi connectivity index (χ3n) is 3.61. The van der Waals surface area contributed by atoms with Gasteiger partial charge in [-0.05, 0) is 51.8 Å². The van der Waals surface area contributed by atoms with Crippen molar-refractivity contribution in [3.63, 3.8) is 0 Å². The number of fused-ring (bicyclic) bond motifs is 1. The Hall–Kier alpha value is -0.823. The van der Waals surface area contributed by atoms with Crippen molar-refractivity contribution in [1.29, 1.82) is 0 Å². The maximum absolute atomic E-state index is 11.8. The first-order valence-corrected chi connectivity index (χ1v) is 12.3. The van der Waals surface area contributed by atoms with Gasteiger partial charge in [-0.2, -0.15) is 0 Å². The van der Waals surface area contributed by atoms with Crippen LogP contribution in [0.25, 0.3) is 10.9 Å². The molecule has 0 unspecified atom stereocenters. The molecular formula is C16H21BrClNO3Si. The summed E-state index contributed by atoms with van der Waals surface area (Å²) in [4.78, 5) is 11.8. The monoisotopic (exact) mass is 417 g/mol. The summed E-state index contributed by atoms with van der Waals surface area (Å²) < 4.78 is 13.8. The van der Waals surface area contributed by atoms with Crippen LogP contribution in [-0.2, 0) is 11.5 Å². The van der Waals surface area contributed by atoms with Crippen LogP contribution in [0, 0.1) is 0 Å². The minimum atomic E-state index is -1.14. The van der Waals surface area contributed by atoms with Gasteiger partial charge in [-0.25, -0.2) is 0 Å². The minimum Gasteiger partial charge on any atom is -0.495 e.